The normalized spacial score (nSPS) is 16.2. The molecular weight excluding hydrogens is 398 g/mol. The summed E-state index contributed by atoms with van der Waals surface area (Å²) in [5.41, 5.74) is 3.66. The summed E-state index contributed by atoms with van der Waals surface area (Å²) in [7, 11) is 0. The van der Waals surface area contributed by atoms with Gasteiger partial charge in [0.05, 0.1) is 30.5 Å². The predicted molar refractivity (Wildman–Crippen MR) is 120 cm³/mol. The number of hydrogen-bond donors (Lipinski definition) is 1. The standard InChI is InChI=1S/C23H24ClN5O/c1-16-21(24)23-26-22(18-9-5-6-10-20(18)29(23)27-16)25-19(17-7-3-2-4-8-17)15-28-11-13-30-14-12-28/h2-10,19H,11-15H2,1H3,(H,25,26). The monoisotopic (exact) mass is 421 g/mol. The Balaban J connectivity index is 1.58. The number of hydrogen-bond acceptors (Lipinski definition) is 5. The Hall–Kier alpha value is -2.67. The Labute approximate surface area is 180 Å². The second kappa shape index (κ2) is 8.22. The van der Waals surface area contributed by atoms with E-state index >= 15 is 0 Å². The van der Waals surface area contributed by atoms with Crippen molar-refractivity contribution in [1.29, 1.82) is 0 Å². The van der Waals surface area contributed by atoms with Crippen molar-refractivity contribution in [2.24, 2.45) is 0 Å². The molecule has 2 aromatic carbocycles. The van der Waals surface area contributed by atoms with E-state index < -0.39 is 0 Å². The average molecular weight is 422 g/mol. The highest BCUT2D eigenvalue weighted by molar-refractivity contribution is 6.34. The zero-order valence-corrected chi connectivity index (χ0v) is 17.6. The molecule has 0 aliphatic carbocycles. The van der Waals surface area contributed by atoms with E-state index in [9.17, 15) is 0 Å². The summed E-state index contributed by atoms with van der Waals surface area (Å²) < 4.78 is 7.36. The predicted octanol–water partition coefficient (Wildman–Crippen LogP) is 4.33. The number of benzene rings is 2. The van der Waals surface area contributed by atoms with Gasteiger partial charge in [-0.25, -0.2) is 9.50 Å². The molecule has 1 aliphatic heterocycles. The van der Waals surface area contributed by atoms with Gasteiger partial charge in [0.1, 0.15) is 10.8 Å². The van der Waals surface area contributed by atoms with E-state index in [1.54, 1.807) is 0 Å². The van der Waals surface area contributed by atoms with Gasteiger partial charge in [0, 0.05) is 25.0 Å². The Morgan fingerprint density at radius 2 is 1.80 bits per heavy atom. The second-order valence-corrected chi connectivity index (χ2v) is 8.01. The minimum absolute atomic E-state index is 0.0884. The highest BCUT2D eigenvalue weighted by Gasteiger charge is 2.21. The fraction of sp³-hybridized carbons (Fsp3) is 0.304. The van der Waals surface area contributed by atoms with Crippen molar-refractivity contribution >= 4 is 34.0 Å². The molecule has 1 N–H and O–H groups in total. The smallest absolute Gasteiger partial charge is 0.176 e. The maximum absolute atomic E-state index is 6.53. The number of anilines is 1. The molecule has 4 aromatic rings. The fourth-order valence-electron chi connectivity index (χ4n) is 4.02. The molecule has 6 nitrogen and oxygen atoms in total. The number of para-hydroxylation sites is 1. The summed E-state index contributed by atoms with van der Waals surface area (Å²) in [5.74, 6) is 0.821. The van der Waals surface area contributed by atoms with E-state index in [-0.39, 0.29) is 6.04 Å². The number of nitrogens with zero attached hydrogens (tertiary/aromatic N) is 4. The summed E-state index contributed by atoms with van der Waals surface area (Å²) in [5, 5.41) is 9.92. The molecule has 154 valence electrons. The average Bonchev–Trinajstić information content (AvgIpc) is 3.09. The molecule has 1 saturated heterocycles. The fourth-order valence-corrected chi connectivity index (χ4v) is 4.18. The third-order valence-electron chi connectivity index (χ3n) is 5.63. The van der Waals surface area contributed by atoms with Crippen molar-refractivity contribution in [1.82, 2.24) is 19.5 Å². The van der Waals surface area contributed by atoms with Crippen LogP contribution in [0.15, 0.2) is 54.6 Å². The largest absolute Gasteiger partial charge is 0.379 e. The van der Waals surface area contributed by atoms with Crippen molar-refractivity contribution in [2.45, 2.75) is 13.0 Å². The van der Waals surface area contributed by atoms with Gasteiger partial charge in [0.2, 0.25) is 0 Å². The molecular formula is C23H24ClN5O. The third kappa shape index (κ3) is 3.62. The molecule has 0 saturated carbocycles. The maximum atomic E-state index is 6.53. The van der Waals surface area contributed by atoms with Gasteiger partial charge in [0.25, 0.3) is 0 Å². The minimum Gasteiger partial charge on any atom is -0.379 e. The van der Waals surface area contributed by atoms with Gasteiger partial charge in [-0.05, 0) is 24.6 Å². The first kappa shape index (κ1) is 19.3. The van der Waals surface area contributed by atoms with Crippen LogP contribution in [0.2, 0.25) is 5.02 Å². The van der Waals surface area contributed by atoms with E-state index in [0.29, 0.717) is 10.7 Å². The number of fused-ring (bicyclic) bond motifs is 3. The molecule has 2 aromatic heterocycles. The van der Waals surface area contributed by atoms with Gasteiger partial charge in [-0.1, -0.05) is 54.1 Å². The molecule has 30 heavy (non-hydrogen) atoms. The van der Waals surface area contributed by atoms with Gasteiger partial charge in [-0.3, -0.25) is 4.90 Å². The molecule has 0 bridgehead atoms. The van der Waals surface area contributed by atoms with Crippen LogP contribution in [0.4, 0.5) is 5.82 Å². The Bertz CT molecular complexity index is 1170. The summed E-state index contributed by atoms with van der Waals surface area (Å²) in [6.45, 7) is 6.21. The molecule has 0 spiro atoms. The SMILES string of the molecule is Cc1nn2c(nc(NC(CN3CCOCC3)c3ccccc3)c3ccccc32)c1Cl. The lowest BCUT2D eigenvalue weighted by molar-refractivity contribution is 0.0361. The number of morpholine rings is 1. The van der Waals surface area contributed by atoms with Gasteiger partial charge >= 0.3 is 0 Å². The van der Waals surface area contributed by atoms with Crippen LogP contribution in [0.25, 0.3) is 16.6 Å². The second-order valence-electron chi connectivity index (χ2n) is 7.63. The molecule has 7 heteroatoms. The number of halogens is 1. The van der Waals surface area contributed by atoms with Crippen molar-refractivity contribution in [2.75, 3.05) is 38.2 Å². The zero-order valence-electron chi connectivity index (χ0n) is 16.9. The van der Waals surface area contributed by atoms with E-state index in [2.05, 4.69) is 51.7 Å². The molecule has 0 amide bonds. The van der Waals surface area contributed by atoms with Crippen LogP contribution in [-0.2, 0) is 4.74 Å². The van der Waals surface area contributed by atoms with Crippen molar-refractivity contribution < 1.29 is 4.74 Å². The lowest BCUT2D eigenvalue weighted by Crippen LogP contribution is -2.40. The van der Waals surface area contributed by atoms with Crippen LogP contribution in [0.1, 0.15) is 17.3 Å². The summed E-state index contributed by atoms with van der Waals surface area (Å²) in [6.07, 6.45) is 0. The number of rotatable bonds is 5. The van der Waals surface area contributed by atoms with E-state index in [0.717, 1.165) is 55.3 Å². The van der Waals surface area contributed by atoms with Crippen molar-refractivity contribution in [3.63, 3.8) is 0 Å². The number of aryl methyl sites for hydroxylation is 1. The lowest BCUT2D eigenvalue weighted by Gasteiger charge is -2.31. The molecule has 1 aliphatic rings. The quantitative estimate of drug-likeness (QED) is 0.519. The zero-order chi connectivity index (χ0) is 20.5. The number of nitrogens with one attached hydrogen (secondary N) is 1. The Kier molecular flexibility index (Phi) is 5.29. The Morgan fingerprint density at radius 1 is 1.07 bits per heavy atom. The van der Waals surface area contributed by atoms with E-state index in [1.807, 2.05) is 29.6 Å². The van der Waals surface area contributed by atoms with Crippen LogP contribution in [0.5, 0.6) is 0 Å². The first-order valence-electron chi connectivity index (χ1n) is 10.3. The van der Waals surface area contributed by atoms with Crippen LogP contribution < -0.4 is 5.32 Å². The molecule has 1 atom stereocenters. The lowest BCUT2D eigenvalue weighted by atomic mass is 10.1. The van der Waals surface area contributed by atoms with Crippen LogP contribution in [0.3, 0.4) is 0 Å². The van der Waals surface area contributed by atoms with Crippen LogP contribution in [0, 0.1) is 6.92 Å². The summed E-state index contributed by atoms with van der Waals surface area (Å²) >= 11 is 6.53. The van der Waals surface area contributed by atoms with E-state index in [4.69, 9.17) is 21.3 Å². The molecule has 1 fully saturated rings. The number of ether oxygens (including phenoxy) is 1. The van der Waals surface area contributed by atoms with Gasteiger partial charge in [-0.15, -0.1) is 0 Å². The molecule has 1 unspecified atom stereocenters. The Morgan fingerprint density at radius 3 is 2.60 bits per heavy atom. The van der Waals surface area contributed by atoms with Gasteiger partial charge < -0.3 is 10.1 Å². The third-order valence-corrected chi connectivity index (χ3v) is 6.07. The highest BCUT2D eigenvalue weighted by atomic mass is 35.5. The van der Waals surface area contributed by atoms with Crippen LogP contribution in [-0.4, -0.2) is 52.3 Å². The highest BCUT2D eigenvalue weighted by Crippen LogP contribution is 2.30. The molecule has 5 rings (SSSR count). The first-order chi connectivity index (χ1) is 14.7. The van der Waals surface area contributed by atoms with E-state index in [1.165, 1.54) is 5.56 Å². The van der Waals surface area contributed by atoms with Crippen LogP contribution >= 0.6 is 11.6 Å². The van der Waals surface area contributed by atoms with Crippen molar-refractivity contribution in [3.8, 4) is 0 Å². The molecule has 3 heterocycles. The first-order valence-corrected chi connectivity index (χ1v) is 10.6. The maximum Gasteiger partial charge on any atom is 0.176 e. The topological polar surface area (TPSA) is 54.7 Å². The molecule has 0 radical (unpaired) electrons. The minimum atomic E-state index is 0.0884. The van der Waals surface area contributed by atoms with Gasteiger partial charge in [-0.2, -0.15) is 5.10 Å². The van der Waals surface area contributed by atoms with Gasteiger partial charge in [0.15, 0.2) is 5.65 Å². The van der Waals surface area contributed by atoms with Crippen molar-refractivity contribution in [3.05, 3.63) is 70.9 Å². The number of aromatic nitrogens is 3. The summed E-state index contributed by atoms with van der Waals surface area (Å²) in [6, 6.07) is 18.8. The summed E-state index contributed by atoms with van der Waals surface area (Å²) in [4.78, 5) is 7.33.